The van der Waals surface area contributed by atoms with Gasteiger partial charge < -0.3 is 19.7 Å². The van der Waals surface area contributed by atoms with Crippen molar-refractivity contribution in [2.75, 3.05) is 33.4 Å². The van der Waals surface area contributed by atoms with Crippen molar-refractivity contribution >= 4 is 12.0 Å². The lowest BCUT2D eigenvalue weighted by Gasteiger charge is -2.33. The lowest BCUT2D eigenvalue weighted by molar-refractivity contribution is -0.118. The molecular formula is C28H33FN2O3. The third-order valence-corrected chi connectivity index (χ3v) is 7.54. The Morgan fingerprint density at radius 3 is 2.68 bits per heavy atom. The fraction of sp³-hybridized carbons (Fsp3) is 0.464. The first-order valence-corrected chi connectivity index (χ1v) is 12.4. The van der Waals surface area contributed by atoms with E-state index in [9.17, 15) is 9.18 Å². The van der Waals surface area contributed by atoms with Crippen molar-refractivity contribution < 1.29 is 18.7 Å². The van der Waals surface area contributed by atoms with Crippen LogP contribution in [-0.2, 0) is 4.79 Å². The molecule has 0 radical (unpaired) electrons. The van der Waals surface area contributed by atoms with Gasteiger partial charge in [0.05, 0.1) is 12.7 Å². The molecule has 34 heavy (non-hydrogen) atoms. The van der Waals surface area contributed by atoms with Crippen LogP contribution in [-0.4, -0.2) is 50.2 Å². The first-order chi connectivity index (χ1) is 16.6. The molecular weight excluding hydrogens is 431 g/mol. The van der Waals surface area contributed by atoms with Gasteiger partial charge in [-0.1, -0.05) is 12.1 Å². The lowest BCUT2D eigenvalue weighted by Crippen LogP contribution is -2.38. The van der Waals surface area contributed by atoms with Crippen molar-refractivity contribution in [3.05, 3.63) is 65.0 Å². The van der Waals surface area contributed by atoms with Gasteiger partial charge in [-0.3, -0.25) is 4.79 Å². The maximum Gasteiger partial charge on any atom is 0.250 e. The average Bonchev–Trinajstić information content (AvgIpc) is 3.30. The van der Waals surface area contributed by atoms with Crippen LogP contribution in [0.1, 0.15) is 49.1 Å². The van der Waals surface area contributed by atoms with Gasteiger partial charge >= 0.3 is 0 Å². The summed E-state index contributed by atoms with van der Waals surface area (Å²) in [4.78, 5) is 15.4. The number of ether oxygens (including phenoxy) is 2. The Kier molecular flexibility index (Phi) is 6.86. The number of benzene rings is 2. The first kappa shape index (κ1) is 22.9. The predicted octanol–water partition coefficient (Wildman–Crippen LogP) is 4.77. The second kappa shape index (κ2) is 10.2. The Balaban J connectivity index is 1.08. The number of carbonyl (C=O) groups is 1. The number of methoxy groups -OCH3 is 1. The van der Waals surface area contributed by atoms with Gasteiger partial charge in [-0.05, 0) is 99.0 Å². The maximum atomic E-state index is 13.5. The van der Waals surface area contributed by atoms with Gasteiger partial charge in [0.1, 0.15) is 23.9 Å². The Morgan fingerprint density at radius 1 is 1.12 bits per heavy atom. The number of likely N-dealkylation sites (tertiary alicyclic amines) is 1. The van der Waals surface area contributed by atoms with Crippen LogP contribution >= 0.6 is 0 Å². The van der Waals surface area contributed by atoms with E-state index in [1.165, 1.54) is 30.5 Å². The smallest absolute Gasteiger partial charge is 0.250 e. The lowest BCUT2D eigenvalue weighted by atomic mass is 9.89. The van der Waals surface area contributed by atoms with Gasteiger partial charge in [0.2, 0.25) is 0 Å². The second-order valence-electron chi connectivity index (χ2n) is 9.84. The largest absolute Gasteiger partial charge is 0.497 e. The molecule has 0 bridgehead atoms. The van der Waals surface area contributed by atoms with E-state index in [4.69, 9.17) is 9.47 Å². The summed E-state index contributed by atoms with van der Waals surface area (Å²) in [5, 5.41) is 3.19. The summed E-state index contributed by atoms with van der Waals surface area (Å²) >= 11 is 0. The molecule has 0 unspecified atom stereocenters. The molecule has 1 saturated carbocycles. The highest BCUT2D eigenvalue weighted by Crippen LogP contribution is 2.32. The van der Waals surface area contributed by atoms with Crippen molar-refractivity contribution in [3.8, 4) is 11.5 Å². The molecule has 1 amide bonds. The van der Waals surface area contributed by atoms with E-state index in [-0.39, 0.29) is 24.4 Å². The molecule has 5 nitrogen and oxygen atoms in total. The van der Waals surface area contributed by atoms with Gasteiger partial charge in [-0.15, -0.1) is 0 Å². The van der Waals surface area contributed by atoms with E-state index in [0.717, 1.165) is 44.6 Å². The van der Waals surface area contributed by atoms with Crippen LogP contribution in [0.5, 0.6) is 11.5 Å². The highest BCUT2D eigenvalue weighted by molar-refractivity contribution is 5.99. The molecule has 1 N–H and O–H groups in total. The number of halogens is 1. The number of hydrogen-bond donors (Lipinski definition) is 1. The number of hydrogen-bond acceptors (Lipinski definition) is 4. The number of amides is 1. The van der Waals surface area contributed by atoms with Crippen molar-refractivity contribution in [1.29, 1.82) is 0 Å². The molecule has 0 aromatic heterocycles. The zero-order chi connectivity index (χ0) is 23.5. The zero-order valence-corrected chi connectivity index (χ0v) is 19.8. The van der Waals surface area contributed by atoms with E-state index in [0.29, 0.717) is 28.7 Å². The predicted molar refractivity (Wildman–Crippen MR) is 131 cm³/mol. The minimum Gasteiger partial charge on any atom is -0.497 e. The standard InChI is InChI=1S/C28H33FN2O3/c1-33-26-7-3-20(4-8-26)21-10-12-31(13-11-21)17-19-2-6-25(14-19)30-28(32)23-15-22-16-24(29)5-9-27(22)34-18-23/h3-5,7-9,15-16,19,21,25H,2,6,10-14,17-18H2,1H3,(H,30,32)/t19-,25+/m1/s1. The van der Waals surface area contributed by atoms with Gasteiger partial charge in [-0.25, -0.2) is 4.39 Å². The highest BCUT2D eigenvalue weighted by atomic mass is 19.1. The summed E-state index contributed by atoms with van der Waals surface area (Å²) < 4.78 is 24.4. The summed E-state index contributed by atoms with van der Waals surface area (Å²) in [5.74, 6) is 2.36. The molecule has 2 fully saturated rings. The van der Waals surface area contributed by atoms with Crippen molar-refractivity contribution in [3.63, 3.8) is 0 Å². The minimum atomic E-state index is -0.327. The van der Waals surface area contributed by atoms with E-state index in [1.807, 2.05) is 0 Å². The fourth-order valence-electron chi connectivity index (χ4n) is 5.62. The molecule has 1 aliphatic carbocycles. The summed E-state index contributed by atoms with van der Waals surface area (Å²) in [5.41, 5.74) is 2.59. The summed E-state index contributed by atoms with van der Waals surface area (Å²) in [7, 11) is 1.70. The minimum absolute atomic E-state index is 0.0964. The van der Waals surface area contributed by atoms with Gasteiger partial charge in [-0.2, -0.15) is 0 Å². The average molecular weight is 465 g/mol. The molecule has 2 aliphatic heterocycles. The molecule has 2 heterocycles. The molecule has 6 heteroatoms. The molecule has 2 atom stereocenters. The van der Waals surface area contributed by atoms with Crippen LogP contribution in [0.2, 0.25) is 0 Å². The number of nitrogens with zero attached hydrogens (tertiary/aromatic N) is 1. The van der Waals surface area contributed by atoms with Crippen LogP contribution in [0.15, 0.2) is 48.0 Å². The number of fused-ring (bicyclic) bond motifs is 1. The van der Waals surface area contributed by atoms with Gasteiger partial charge in [0.25, 0.3) is 5.91 Å². The Labute approximate surface area is 200 Å². The molecule has 5 rings (SSSR count). The molecule has 180 valence electrons. The Hall–Kier alpha value is -2.86. The summed E-state index contributed by atoms with van der Waals surface area (Å²) in [6.07, 6.45) is 7.30. The normalized spacial score (nSPS) is 23.1. The van der Waals surface area contributed by atoms with Crippen LogP contribution < -0.4 is 14.8 Å². The van der Waals surface area contributed by atoms with Crippen molar-refractivity contribution in [1.82, 2.24) is 10.2 Å². The number of nitrogens with one attached hydrogen (secondary N) is 1. The van der Waals surface area contributed by atoms with Crippen LogP contribution in [0.4, 0.5) is 4.39 Å². The topological polar surface area (TPSA) is 50.8 Å². The van der Waals surface area contributed by atoms with Crippen molar-refractivity contribution in [2.24, 2.45) is 5.92 Å². The summed E-state index contributed by atoms with van der Waals surface area (Å²) in [6.45, 7) is 3.60. The SMILES string of the molecule is COc1ccc(C2CCN(C[C@@H]3CC[C@H](NC(=O)C4=Cc5cc(F)ccc5OC4)C3)CC2)cc1. The highest BCUT2D eigenvalue weighted by Gasteiger charge is 2.30. The number of carbonyl (C=O) groups excluding carboxylic acids is 1. The first-order valence-electron chi connectivity index (χ1n) is 12.4. The molecule has 2 aromatic carbocycles. The van der Waals surface area contributed by atoms with Crippen molar-refractivity contribution in [2.45, 2.75) is 44.1 Å². The van der Waals surface area contributed by atoms with Gasteiger partial charge in [0.15, 0.2) is 0 Å². The quantitative estimate of drug-likeness (QED) is 0.669. The van der Waals surface area contributed by atoms with E-state index in [1.54, 1.807) is 19.3 Å². The van der Waals surface area contributed by atoms with E-state index in [2.05, 4.69) is 34.5 Å². The second-order valence-corrected chi connectivity index (χ2v) is 9.84. The third kappa shape index (κ3) is 5.27. The van der Waals surface area contributed by atoms with E-state index < -0.39 is 0 Å². The van der Waals surface area contributed by atoms with Crippen LogP contribution in [0.3, 0.4) is 0 Å². The molecule has 3 aliphatic rings. The van der Waals surface area contributed by atoms with Crippen LogP contribution in [0.25, 0.3) is 6.08 Å². The van der Waals surface area contributed by atoms with Crippen LogP contribution in [0, 0.1) is 11.7 Å². The summed E-state index contributed by atoms with van der Waals surface area (Å²) in [6, 6.07) is 13.1. The van der Waals surface area contributed by atoms with E-state index >= 15 is 0 Å². The molecule has 2 aromatic rings. The molecule has 0 spiro atoms. The number of piperidine rings is 1. The Bertz CT molecular complexity index is 1040. The van der Waals surface area contributed by atoms with Gasteiger partial charge in [0, 0.05) is 18.2 Å². The zero-order valence-electron chi connectivity index (χ0n) is 19.8. The third-order valence-electron chi connectivity index (χ3n) is 7.54. The maximum absolute atomic E-state index is 13.5. The molecule has 1 saturated heterocycles. The number of rotatable bonds is 6. The Morgan fingerprint density at radius 2 is 1.91 bits per heavy atom. The monoisotopic (exact) mass is 464 g/mol. The fourth-order valence-corrected chi connectivity index (χ4v) is 5.62.